The molecule has 1 atom stereocenters. The largest absolute Gasteiger partial charge is 0.345 e. The molecule has 10 heteroatoms. The van der Waals surface area contributed by atoms with Crippen molar-refractivity contribution in [1.82, 2.24) is 14.6 Å². The zero-order valence-electron chi connectivity index (χ0n) is 15.7. The maximum Gasteiger partial charge on any atom is 0.274 e. The van der Waals surface area contributed by atoms with Gasteiger partial charge in [-0.15, -0.1) is 0 Å². The van der Waals surface area contributed by atoms with Crippen molar-refractivity contribution in [2.75, 3.05) is 18.1 Å². The predicted molar refractivity (Wildman–Crippen MR) is 111 cm³/mol. The summed E-state index contributed by atoms with van der Waals surface area (Å²) < 4.78 is 26.2. The van der Waals surface area contributed by atoms with Gasteiger partial charge in [0.1, 0.15) is 5.69 Å². The molecule has 1 saturated heterocycles. The van der Waals surface area contributed by atoms with Crippen molar-refractivity contribution in [3.63, 3.8) is 0 Å². The van der Waals surface area contributed by atoms with Gasteiger partial charge in [0, 0.05) is 18.9 Å². The van der Waals surface area contributed by atoms with Gasteiger partial charge in [0.05, 0.1) is 16.3 Å². The molecule has 0 saturated carbocycles. The van der Waals surface area contributed by atoms with Crippen molar-refractivity contribution in [3.8, 4) is 0 Å². The molecular formula is C19H20ClN5O3S. The van der Waals surface area contributed by atoms with E-state index in [1.807, 2.05) is 6.07 Å². The normalized spacial score (nSPS) is 22.7. The van der Waals surface area contributed by atoms with Crippen LogP contribution in [0.5, 0.6) is 0 Å². The summed E-state index contributed by atoms with van der Waals surface area (Å²) in [5, 5.41) is 14.4. The average molecular weight is 434 g/mol. The molecule has 1 fully saturated rings. The Kier molecular flexibility index (Phi) is 4.74. The average Bonchev–Trinajstić information content (AvgIpc) is 2.67. The van der Waals surface area contributed by atoms with Gasteiger partial charge < -0.3 is 10.6 Å². The summed E-state index contributed by atoms with van der Waals surface area (Å²) in [7, 11) is -2.24. The smallest absolute Gasteiger partial charge is 0.274 e. The number of anilines is 1. The molecule has 1 aliphatic carbocycles. The lowest BCUT2D eigenvalue weighted by Crippen LogP contribution is -2.63. The second-order valence-corrected chi connectivity index (χ2v) is 9.76. The van der Waals surface area contributed by atoms with E-state index in [4.69, 9.17) is 17.0 Å². The molecule has 2 heterocycles. The van der Waals surface area contributed by atoms with E-state index in [2.05, 4.69) is 15.6 Å². The first-order valence-corrected chi connectivity index (χ1v) is 11.1. The van der Waals surface area contributed by atoms with Crippen LogP contribution >= 0.6 is 11.6 Å². The Morgan fingerprint density at radius 1 is 1.34 bits per heavy atom. The highest BCUT2D eigenvalue weighted by Gasteiger charge is 2.47. The van der Waals surface area contributed by atoms with E-state index in [-0.39, 0.29) is 23.3 Å². The molecule has 8 nitrogen and oxygen atoms in total. The summed E-state index contributed by atoms with van der Waals surface area (Å²) in [5.74, 6) is -0.672. The summed E-state index contributed by atoms with van der Waals surface area (Å²) in [6.07, 6.45) is 3.62. The molecule has 2 aliphatic rings. The number of benzene rings is 1. The Hall–Kier alpha value is -2.65. The van der Waals surface area contributed by atoms with E-state index < -0.39 is 15.6 Å². The number of nitrogens with zero attached hydrogens (tertiary/aromatic N) is 2. The van der Waals surface area contributed by atoms with Crippen LogP contribution in [-0.4, -0.2) is 42.4 Å². The van der Waals surface area contributed by atoms with Crippen LogP contribution in [0, 0.1) is 5.41 Å². The lowest BCUT2D eigenvalue weighted by atomic mass is 9.77. The zero-order chi connectivity index (χ0) is 20.8. The topological polar surface area (TPSA) is 115 Å². The number of carbonyl (C=O) groups excluding carboxylic acids is 1. The van der Waals surface area contributed by atoms with Gasteiger partial charge in [0.15, 0.2) is 0 Å². The first kappa shape index (κ1) is 19.7. The SMILES string of the molecule is CN1C(=N)N[C@@]2(CCCc3ccc(NC(=O)c4ccc(Cl)cn4)cc32)CS1(=O)=O. The number of rotatable bonds is 2. The summed E-state index contributed by atoms with van der Waals surface area (Å²) in [5.41, 5.74) is 1.70. The van der Waals surface area contributed by atoms with Crippen molar-refractivity contribution in [1.29, 1.82) is 5.41 Å². The Morgan fingerprint density at radius 2 is 2.14 bits per heavy atom. The molecule has 1 aromatic carbocycles. The maximum atomic E-state index is 12.6. The third-order valence-corrected chi connectivity index (χ3v) is 7.51. The molecule has 0 bridgehead atoms. The van der Waals surface area contributed by atoms with Gasteiger partial charge in [0.2, 0.25) is 16.0 Å². The van der Waals surface area contributed by atoms with Crippen molar-refractivity contribution in [3.05, 3.63) is 58.4 Å². The van der Waals surface area contributed by atoms with Gasteiger partial charge >= 0.3 is 0 Å². The van der Waals surface area contributed by atoms with Crippen LogP contribution in [0.3, 0.4) is 0 Å². The van der Waals surface area contributed by atoms with Gasteiger partial charge in [-0.05, 0) is 54.7 Å². The Balaban J connectivity index is 1.68. The summed E-state index contributed by atoms with van der Waals surface area (Å²) in [6, 6.07) is 8.61. The van der Waals surface area contributed by atoms with E-state index in [0.717, 1.165) is 28.3 Å². The monoisotopic (exact) mass is 433 g/mol. The van der Waals surface area contributed by atoms with Crippen molar-refractivity contribution in [2.45, 2.75) is 24.8 Å². The number of aryl methyl sites for hydroxylation is 1. The number of hydrogen-bond donors (Lipinski definition) is 3. The predicted octanol–water partition coefficient (Wildman–Crippen LogP) is 2.32. The number of hydrogen-bond acceptors (Lipinski definition) is 5. The highest BCUT2D eigenvalue weighted by Crippen LogP contribution is 2.40. The molecule has 1 aliphatic heterocycles. The molecule has 1 spiro atoms. The first-order chi connectivity index (χ1) is 13.7. The number of guanidine groups is 1. The Morgan fingerprint density at radius 3 is 2.83 bits per heavy atom. The minimum atomic E-state index is -3.61. The fourth-order valence-electron chi connectivity index (χ4n) is 3.91. The molecular weight excluding hydrogens is 414 g/mol. The maximum absolute atomic E-state index is 12.6. The Labute approximate surface area is 173 Å². The van der Waals surface area contributed by atoms with Gasteiger partial charge in [-0.2, -0.15) is 0 Å². The zero-order valence-corrected chi connectivity index (χ0v) is 17.3. The van der Waals surface area contributed by atoms with Crippen LogP contribution in [0.15, 0.2) is 36.5 Å². The molecule has 3 N–H and O–H groups in total. The molecule has 29 heavy (non-hydrogen) atoms. The number of fused-ring (bicyclic) bond motifs is 2. The van der Waals surface area contributed by atoms with E-state index in [1.54, 1.807) is 18.2 Å². The van der Waals surface area contributed by atoms with Crippen molar-refractivity contribution in [2.24, 2.45) is 0 Å². The molecule has 4 rings (SSSR count). The number of pyridine rings is 1. The van der Waals surface area contributed by atoms with E-state index in [9.17, 15) is 13.2 Å². The van der Waals surface area contributed by atoms with Crippen LogP contribution in [0.1, 0.15) is 34.5 Å². The first-order valence-electron chi connectivity index (χ1n) is 9.10. The lowest BCUT2D eigenvalue weighted by molar-refractivity contribution is 0.102. The quantitative estimate of drug-likeness (QED) is 0.672. The van der Waals surface area contributed by atoms with Crippen molar-refractivity contribution >= 4 is 39.2 Å². The van der Waals surface area contributed by atoms with E-state index in [0.29, 0.717) is 17.1 Å². The third-order valence-electron chi connectivity index (χ3n) is 5.41. The number of halogens is 1. The molecule has 2 aromatic rings. The van der Waals surface area contributed by atoms with Crippen LogP contribution < -0.4 is 10.6 Å². The fourth-order valence-corrected chi connectivity index (χ4v) is 5.53. The van der Waals surface area contributed by atoms with Crippen molar-refractivity contribution < 1.29 is 13.2 Å². The highest BCUT2D eigenvalue weighted by molar-refractivity contribution is 7.89. The lowest BCUT2D eigenvalue weighted by Gasteiger charge is -2.45. The van der Waals surface area contributed by atoms with Crippen LogP contribution in [-0.2, 0) is 22.0 Å². The van der Waals surface area contributed by atoms with Gasteiger partial charge in [-0.3, -0.25) is 10.2 Å². The van der Waals surface area contributed by atoms with Gasteiger partial charge in [0.25, 0.3) is 5.91 Å². The standard InChI is InChI=1S/C19H20ClN5O3S/c1-25-18(21)24-19(11-29(25,27)28)8-2-3-12-4-6-14(9-15(12)19)23-17(26)16-7-5-13(20)10-22-16/h4-7,9-10H,2-3,8,11H2,1H3,(H2,21,24)(H,23,26)/t19-/m0/s1. The minimum Gasteiger partial charge on any atom is -0.345 e. The van der Waals surface area contributed by atoms with Gasteiger partial charge in [-0.1, -0.05) is 17.7 Å². The molecule has 0 unspecified atom stereocenters. The minimum absolute atomic E-state index is 0.137. The number of nitrogens with one attached hydrogen (secondary N) is 3. The number of carbonyl (C=O) groups is 1. The second-order valence-electron chi connectivity index (χ2n) is 7.32. The summed E-state index contributed by atoms with van der Waals surface area (Å²) >= 11 is 5.81. The van der Waals surface area contributed by atoms with Crippen LogP contribution in [0.2, 0.25) is 5.02 Å². The Bertz CT molecular complexity index is 1100. The molecule has 152 valence electrons. The van der Waals surface area contributed by atoms with E-state index in [1.165, 1.54) is 19.3 Å². The molecule has 1 aromatic heterocycles. The summed E-state index contributed by atoms with van der Waals surface area (Å²) in [4.78, 5) is 16.5. The van der Waals surface area contributed by atoms with Gasteiger partial charge in [-0.25, -0.2) is 17.7 Å². The van der Waals surface area contributed by atoms with Crippen LogP contribution in [0.4, 0.5) is 5.69 Å². The fraction of sp³-hybridized carbons (Fsp3) is 0.316. The molecule has 0 radical (unpaired) electrons. The third kappa shape index (κ3) is 3.56. The number of amides is 1. The number of sulfonamides is 1. The second kappa shape index (κ2) is 7.00. The highest BCUT2D eigenvalue weighted by atomic mass is 35.5. The van der Waals surface area contributed by atoms with Crippen LogP contribution in [0.25, 0.3) is 0 Å². The number of aromatic nitrogens is 1. The molecule has 1 amide bonds. The summed E-state index contributed by atoms with van der Waals surface area (Å²) in [6.45, 7) is 0. The van der Waals surface area contributed by atoms with E-state index >= 15 is 0 Å².